The predicted octanol–water partition coefficient (Wildman–Crippen LogP) is 2.49. The monoisotopic (exact) mass is 369 g/mol. The number of pyridine rings is 1. The predicted molar refractivity (Wildman–Crippen MR) is 102 cm³/mol. The van der Waals surface area contributed by atoms with E-state index in [4.69, 9.17) is 0 Å². The molecule has 7 heteroatoms. The number of nitrogens with zero attached hydrogens (tertiary/aromatic N) is 3. The van der Waals surface area contributed by atoms with E-state index < -0.39 is 0 Å². The summed E-state index contributed by atoms with van der Waals surface area (Å²) in [5.74, 6) is 0.795. The molecule has 1 saturated heterocycles. The Balaban J connectivity index is 1.41. The van der Waals surface area contributed by atoms with Crippen molar-refractivity contribution in [3.63, 3.8) is 0 Å². The van der Waals surface area contributed by atoms with Gasteiger partial charge in [-0.05, 0) is 37.3 Å². The normalized spacial score (nSPS) is 19.1. The zero-order valence-corrected chi connectivity index (χ0v) is 15.7. The molecule has 1 aliphatic heterocycles. The van der Waals surface area contributed by atoms with E-state index in [1.165, 1.54) is 12.8 Å². The molecule has 3 amide bonds. The minimum atomic E-state index is -0.126. The lowest BCUT2D eigenvalue weighted by atomic mass is 10.0. The van der Waals surface area contributed by atoms with Gasteiger partial charge in [0.25, 0.3) is 0 Å². The second-order valence-corrected chi connectivity index (χ2v) is 7.74. The molecule has 144 valence electrons. The van der Waals surface area contributed by atoms with E-state index in [9.17, 15) is 9.59 Å². The number of rotatable bonds is 5. The number of hydrogen-bond acceptors (Lipinski definition) is 3. The van der Waals surface area contributed by atoms with Gasteiger partial charge in [-0.3, -0.25) is 4.79 Å². The maximum absolute atomic E-state index is 12.7. The number of hydrogen-bond donors (Lipinski definition) is 2. The van der Waals surface area contributed by atoms with Gasteiger partial charge in [0.05, 0.1) is 6.04 Å². The average Bonchev–Trinajstić information content (AvgIpc) is 3.34. The lowest BCUT2D eigenvalue weighted by Crippen LogP contribution is -2.49. The Morgan fingerprint density at radius 1 is 1.22 bits per heavy atom. The fraction of sp³-hybridized carbons (Fsp3) is 0.550. The molecular weight excluding hydrogens is 342 g/mol. The molecule has 1 atom stereocenters. The Hall–Kier alpha value is -2.57. The van der Waals surface area contributed by atoms with Crippen LogP contribution in [0.25, 0.3) is 5.65 Å². The summed E-state index contributed by atoms with van der Waals surface area (Å²) in [6, 6.07) is 5.99. The first kappa shape index (κ1) is 17.8. The van der Waals surface area contributed by atoms with Crippen molar-refractivity contribution in [2.24, 2.45) is 5.92 Å². The highest BCUT2D eigenvalue weighted by Crippen LogP contribution is 2.37. The van der Waals surface area contributed by atoms with E-state index in [0.717, 1.165) is 30.6 Å². The Kier molecular flexibility index (Phi) is 5.01. The van der Waals surface area contributed by atoms with Crippen molar-refractivity contribution >= 4 is 17.6 Å². The molecule has 27 heavy (non-hydrogen) atoms. The molecule has 2 aliphatic rings. The molecule has 2 N–H and O–H groups in total. The van der Waals surface area contributed by atoms with Crippen LogP contribution in [0.1, 0.15) is 50.8 Å². The van der Waals surface area contributed by atoms with E-state index in [-0.39, 0.29) is 24.0 Å². The quantitative estimate of drug-likeness (QED) is 0.850. The summed E-state index contributed by atoms with van der Waals surface area (Å²) in [5.41, 5.74) is 1.96. The fourth-order valence-electron chi connectivity index (χ4n) is 3.92. The first-order valence-electron chi connectivity index (χ1n) is 9.84. The molecule has 0 bridgehead atoms. The van der Waals surface area contributed by atoms with Crippen LogP contribution in [0.15, 0.2) is 30.6 Å². The lowest BCUT2D eigenvalue weighted by molar-refractivity contribution is -0.129. The zero-order chi connectivity index (χ0) is 18.8. The summed E-state index contributed by atoms with van der Waals surface area (Å²) in [6.07, 6.45) is 8.77. The number of piperidine rings is 1. The molecule has 7 nitrogen and oxygen atoms in total. The number of likely N-dealkylation sites (tertiary alicyclic amines) is 1. The molecule has 0 aromatic carbocycles. The summed E-state index contributed by atoms with van der Waals surface area (Å²) in [5, 5.41) is 6.29. The van der Waals surface area contributed by atoms with Crippen LogP contribution in [0.3, 0.4) is 0 Å². The summed E-state index contributed by atoms with van der Waals surface area (Å²) in [7, 11) is 0. The number of urea groups is 1. The average molecular weight is 369 g/mol. The maximum atomic E-state index is 12.7. The summed E-state index contributed by atoms with van der Waals surface area (Å²) < 4.78 is 2.05. The minimum absolute atomic E-state index is 0.0345. The topological polar surface area (TPSA) is 78.7 Å². The van der Waals surface area contributed by atoms with Crippen molar-refractivity contribution in [3.8, 4) is 0 Å². The molecule has 2 aromatic heterocycles. The largest absolute Gasteiger partial charge is 0.343 e. The number of fused-ring (bicyclic) bond motifs is 1. The molecule has 2 fully saturated rings. The van der Waals surface area contributed by atoms with E-state index >= 15 is 0 Å². The molecule has 3 heterocycles. The van der Waals surface area contributed by atoms with Gasteiger partial charge in [-0.2, -0.15) is 0 Å². The van der Waals surface area contributed by atoms with Gasteiger partial charge in [0.15, 0.2) is 0 Å². The summed E-state index contributed by atoms with van der Waals surface area (Å²) in [4.78, 5) is 30.3. The van der Waals surface area contributed by atoms with Crippen LogP contribution in [0.4, 0.5) is 4.79 Å². The lowest BCUT2D eigenvalue weighted by Gasteiger charge is -2.32. The van der Waals surface area contributed by atoms with E-state index in [1.54, 1.807) is 13.1 Å². The van der Waals surface area contributed by atoms with Gasteiger partial charge in [0, 0.05) is 44.1 Å². The van der Waals surface area contributed by atoms with Gasteiger partial charge >= 0.3 is 6.03 Å². The molecule has 0 spiro atoms. The second-order valence-electron chi connectivity index (χ2n) is 7.74. The molecule has 1 saturated carbocycles. The number of carbonyl (C=O) groups is 2. The summed E-state index contributed by atoms with van der Waals surface area (Å²) >= 11 is 0. The van der Waals surface area contributed by atoms with Crippen molar-refractivity contribution in [2.75, 3.05) is 13.1 Å². The fourth-order valence-corrected chi connectivity index (χ4v) is 3.92. The van der Waals surface area contributed by atoms with Gasteiger partial charge in [0.2, 0.25) is 5.91 Å². The molecular formula is C20H27N5O2. The highest BCUT2D eigenvalue weighted by Gasteiger charge is 2.29. The minimum Gasteiger partial charge on any atom is -0.343 e. The van der Waals surface area contributed by atoms with Crippen molar-refractivity contribution in [1.29, 1.82) is 0 Å². The smallest absolute Gasteiger partial charge is 0.315 e. The van der Waals surface area contributed by atoms with Crippen molar-refractivity contribution in [3.05, 3.63) is 36.3 Å². The first-order valence-corrected chi connectivity index (χ1v) is 9.84. The molecule has 4 rings (SSSR count). The highest BCUT2D eigenvalue weighted by atomic mass is 16.2. The third-order valence-electron chi connectivity index (χ3n) is 5.66. The highest BCUT2D eigenvalue weighted by molar-refractivity contribution is 5.75. The number of imidazole rings is 1. The van der Waals surface area contributed by atoms with E-state index in [2.05, 4.69) is 26.1 Å². The zero-order valence-electron chi connectivity index (χ0n) is 15.7. The molecule has 1 aliphatic carbocycles. The Bertz CT molecular complexity index is 821. The second kappa shape index (κ2) is 7.58. The Morgan fingerprint density at radius 3 is 2.70 bits per heavy atom. The van der Waals surface area contributed by atoms with Crippen molar-refractivity contribution < 1.29 is 9.59 Å². The molecule has 2 aromatic rings. The van der Waals surface area contributed by atoms with Crippen LogP contribution in [-0.2, 0) is 4.79 Å². The third kappa shape index (κ3) is 4.23. The van der Waals surface area contributed by atoms with Gasteiger partial charge in [-0.1, -0.05) is 18.9 Å². The SMILES string of the molecule is CC(=O)N1CCC(NC(=O)NC(CC2CC2)c2cccc3nccn23)CC1. The van der Waals surface area contributed by atoms with Gasteiger partial charge < -0.3 is 19.9 Å². The van der Waals surface area contributed by atoms with Crippen LogP contribution in [0.5, 0.6) is 0 Å². The van der Waals surface area contributed by atoms with Crippen molar-refractivity contribution in [1.82, 2.24) is 24.9 Å². The van der Waals surface area contributed by atoms with E-state index in [0.29, 0.717) is 19.0 Å². The van der Waals surface area contributed by atoms with Crippen LogP contribution < -0.4 is 10.6 Å². The number of amides is 3. The van der Waals surface area contributed by atoms with Crippen LogP contribution in [0.2, 0.25) is 0 Å². The van der Waals surface area contributed by atoms with Gasteiger partial charge in [0.1, 0.15) is 5.65 Å². The molecule has 1 unspecified atom stereocenters. The third-order valence-corrected chi connectivity index (χ3v) is 5.66. The number of aromatic nitrogens is 2. The van der Waals surface area contributed by atoms with Gasteiger partial charge in [-0.25, -0.2) is 9.78 Å². The van der Waals surface area contributed by atoms with Crippen LogP contribution >= 0.6 is 0 Å². The summed E-state index contributed by atoms with van der Waals surface area (Å²) in [6.45, 7) is 3.01. The standard InChI is InChI=1S/C20H27N5O2/c1-14(26)24-10-7-16(8-11-24)22-20(27)23-17(13-15-5-6-15)18-3-2-4-19-21-9-12-25(18)19/h2-4,9,12,15-17H,5-8,10-11,13H2,1H3,(H2,22,23,27). The Morgan fingerprint density at radius 2 is 2.00 bits per heavy atom. The van der Waals surface area contributed by atoms with Crippen molar-refractivity contribution in [2.45, 2.75) is 51.1 Å². The Labute approximate surface area is 159 Å². The van der Waals surface area contributed by atoms with Gasteiger partial charge in [-0.15, -0.1) is 0 Å². The number of carbonyl (C=O) groups excluding carboxylic acids is 2. The van der Waals surface area contributed by atoms with Crippen LogP contribution in [0, 0.1) is 5.92 Å². The number of nitrogens with one attached hydrogen (secondary N) is 2. The van der Waals surface area contributed by atoms with Crippen LogP contribution in [-0.4, -0.2) is 45.4 Å². The van der Waals surface area contributed by atoms with E-state index in [1.807, 2.05) is 23.2 Å². The molecule has 0 radical (unpaired) electrons. The maximum Gasteiger partial charge on any atom is 0.315 e. The first-order chi connectivity index (χ1) is 13.1.